The van der Waals surface area contributed by atoms with E-state index in [4.69, 9.17) is 22.1 Å². The number of carbonyl (C=O) groups is 1. The van der Waals surface area contributed by atoms with Crippen molar-refractivity contribution in [2.24, 2.45) is 10.9 Å². The summed E-state index contributed by atoms with van der Waals surface area (Å²) in [6.45, 7) is 1.65. The Kier molecular flexibility index (Phi) is 5.32. The summed E-state index contributed by atoms with van der Waals surface area (Å²) >= 11 is 6.10. The minimum absolute atomic E-state index is 0.0249. The molecule has 2 rings (SSSR count). The number of halogens is 1. The normalized spacial score (nSPS) is 11.8. The molecule has 1 heterocycles. The first-order chi connectivity index (χ1) is 10.6. The van der Waals surface area contributed by atoms with Crippen LogP contribution in [0.4, 0.5) is 0 Å². The number of hydrogen-bond donors (Lipinski definition) is 1. The molecule has 22 heavy (non-hydrogen) atoms. The van der Waals surface area contributed by atoms with Gasteiger partial charge in [-0.2, -0.15) is 0 Å². The van der Waals surface area contributed by atoms with E-state index in [-0.39, 0.29) is 12.4 Å². The van der Waals surface area contributed by atoms with E-state index in [1.54, 1.807) is 31.3 Å². The lowest BCUT2D eigenvalue weighted by Gasteiger charge is -2.08. The van der Waals surface area contributed by atoms with Gasteiger partial charge in [0.15, 0.2) is 5.84 Å². The number of oxime groups is 1. The number of pyridine rings is 1. The van der Waals surface area contributed by atoms with Crippen molar-refractivity contribution in [2.75, 3.05) is 6.61 Å². The van der Waals surface area contributed by atoms with Crippen LogP contribution in [-0.2, 0) is 9.63 Å². The number of amidine groups is 1. The van der Waals surface area contributed by atoms with Gasteiger partial charge in [-0.1, -0.05) is 22.8 Å². The van der Waals surface area contributed by atoms with Gasteiger partial charge in [0, 0.05) is 17.7 Å². The molecule has 0 unspecified atom stereocenters. The molecule has 0 aliphatic carbocycles. The van der Waals surface area contributed by atoms with Gasteiger partial charge in [0.2, 0.25) is 0 Å². The predicted octanol–water partition coefficient (Wildman–Crippen LogP) is 2.66. The van der Waals surface area contributed by atoms with Gasteiger partial charge in [0.05, 0.1) is 5.02 Å². The standard InChI is InChI=1S/C15H14ClN3O3/c1-2-4-14(20)22-19-13(17)9-21-12-7-6-11(16)10-5-3-8-18-15(10)12/h2-8H,9H2,1H3,(H2,17,19). The lowest BCUT2D eigenvalue weighted by atomic mass is 10.2. The molecule has 0 amide bonds. The highest BCUT2D eigenvalue weighted by atomic mass is 35.5. The van der Waals surface area contributed by atoms with Crippen molar-refractivity contribution in [1.29, 1.82) is 0 Å². The number of carbonyl (C=O) groups excluding carboxylic acids is 1. The molecule has 0 atom stereocenters. The number of fused-ring (bicyclic) bond motifs is 1. The van der Waals surface area contributed by atoms with Crippen LogP contribution >= 0.6 is 11.6 Å². The van der Waals surface area contributed by atoms with Gasteiger partial charge in [-0.15, -0.1) is 0 Å². The van der Waals surface area contributed by atoms with Crippen LogP contribution in [0.25, 0.3) is 10.9 Å². The van der Waals surface area contributed by atoms with E-state index >= 15 is 0 Å². The van der Waals surface area contributed by atoms with Crippen molar-refractivity contribution >= 4 is 34.3 Å². The van der Waals surface area contributed by atoms with Crippen molar-refractivity contribution in [3.8, 4) is 5.75 Å². The Bertz CT molecular complexity index is 744. The maximum atomic E-state index is 11.1. The lowest BCUT2D eigenvalue weighted by Crippen LogP contribution is -2.22. The van der Waals surface area contributed by atoms with Gasteiger partial charge < -0.3 is 15.3 Å². The summed E-state index contributed by atoms with van der Waals surface area (Å²) < 4.78 is 5.54. The summed E-state index contributed by atoms with van der Waals surface area (Å²) in [5.41, 5.74) is 6.24. The Balaban J connectivity index is 2.07. The number of rotatable bonds is 5. The number of allylic oxidation sites excluding steroid dienone is 1. The SMILES string of the molecule is CC=CC(=O)ON=C(N)COc1ccc(Cl)c2cccnc12. The molecule has 6 nitrogen and oxygen atoms in total. The van der Waals surface area contributed by atoms with Crippen molar-refractivity contribution in [3.05, 3.63) is 47.6 Å². The summed E-state index contributed by atoms with van der Waals surface area (Å²) in [6.07, 6.45) is 4.41. The van der Waals surface area contributed by atoms with E-state index in [9.17, 15) is 4.79 Å². The quantitative estimate of drug-likeness (QED) is 0.301. The highest BCUT2D eigenvalue weighted by Gasteiger charge is 2.07. The second kappa shape index (κ2) is 7.42. The highest BCUT2D eigenvalue weighted by molar-refractivity contribution is 6.35. The lowest BCUT2D eigenvalue weighted by molar-refractivity contribution is -0.137. The van der Waals surface area contributed by atoms with Gasteiger partial charge in [-0.05, 0) is 31.2 Å². The topological polar surface area (TPSA) is 86.8 Å². The first-order valence-electron chi connectivity index (χ1n) is 6.44. The maximum absolute atomic E-state index is 11.1. The maximum Gasteiger partial charge on any atom is 0.358 e. The Hall–Kier alpha value is -2.60. The molecule has 2 N–H and O–H groups in total. The molecule has 7 heteroatoms. The average molecular weight is 320 g/mol. The summed E-state index contributed by atoms with van der Waals surface area (Å²) in [4.78, 5) is 19.9. The van der Waals surface area contributed by atoms with Crippen LogP contribution < -0.4 is 10.5 Å². The molecule has 0 aliphatic heterocycles. The van der Waals surface area contributed by atoms with Crippen LogP contribution in [0.5, 0.6) is 5.75 Å². The minimum atomic E-state index is -0.607. The van der Waals surface area contributed by atoms with Crippen LogP contribution in [0.1, 0.15) is 6.92 Å². The summed E-state index contributed by atoms with van der Waals surface area (Å²) in [6, 6.07) is 7.03. The zero-order chi connectivity index (χ0) is 15.9. The number of aromatic nitrogens is 1. The number of hydrogen-bond acceptors (Lipinski definition) is 5. The molecule has 0 aliphatic rings. The fourth-order valence-corrected chi connectivity index (χ4v) is 1.89. The molecular formula is C15H14ClN3O3. The molecule has 0 saturated heterocycles. The van der Waals surface area contributed by atoms with Gasteiger partial charge in [0.1, 0.15) is 17.9 Å². The van der Waals surface area contributed by atoms with Crippen molar-refractivity contribution < 1.29 is 14.4 Å². The Morgan fingerprint density at radius 2 is 2.27 bits per heavy atom. The van der Waals surface area contributed by atoms with E-state index in [1.807, 2.05) is 6.07 Å². The van der Waals surface area contributed by atoms with Crippen LogP contribution in [0.15, 0.2) is 47.8 Å². The van der Waals surface area contributed by atoms with Crippen LogP contribution in [0, 0.1) is 0 Å². The third-order valence-electron chi connectivity index (χ3n) is 2.61. The van der Waals surface area contributed by atoms with Crippen molar-refractivity contribution in [2.45, 2.75) is 6.92 Å². The van der Waals surface area contributed by atoms with Gasteiger partial charge in [-0.3, -0.25) is 4.98 Å². The Morgan fingerprint density at radius 1 is 1.45 bits per heavy atom. The first-order valence-corrected chi connectivity index (χ1v) is 6.81. The third kappa shape index (κ3) is 3.95. The van der Waals surface area contributed by atoms with E-state index in [1.165, 1.54) is 12.2 Å². The molecule has 2 aromatic rings. The highest BCUT2D eigenvalue weighted by Crippen LogP contribution is 2.29. The van der Waals surface area contributed by atoms with E-state index in [2.05, 4.69) is 15.0 Å². The van der Waals surface area contributed by atoms with Crippen molar-refractivity contribution in [1.82, 2.24) is 4.98 Å². The van der Waals surface area contributed by atoms with E-state index < -0.39 is 5.97 Å². The zero-order valence-electron chi connectivity index (χ0n) is 11.8. The molecule has 1 aromatic carbocycles. The first kappa shape index (κ1) is 15.8. The van der Waals surface area contributed by atoms with Crippen LogP contribution in [0.3, 0.4) is 0 Å². The zero-order valence-corrected chi connectivity index (χ0v) is 12.6. The number of nitrogens with zero attached hydrogens (tertiary/aromatic N) is 2. The average Bonchev–Trinajstić information content (AvgIpc) is 2.53. The predicted molar refractivity (Wildman–Crippen MR) is 84.8 cm³/mol. The molecule has 114 valence electrons. The van der Waals surface area contributed by atoms with Gasteiger partial charge >= 0.3 is 5.97 Å². The van der Waals surface area contributed by atoms with Gasteiger partial charge in [-0.25, -0.2) is 4.79 Å². The second-order valence-corrected chi connectivity index (χ2v) is 4.63. The fourth-order valence-electron chi connectivity index (χ4n) is 1.68. The molecule has 0 spiro atoms. The Morgan fingerprint density at radius 3 is 3.05 bits per heavy atom. The largest absolute Gasteiger partial charge is 0.483 e. The molecule has 0 radical (unpaired) electrons. The number of ether oxygens (including phenoxy) is 1. The summed E-state index contributed by atoms with van der Waals surface area (Å²) in [5, 5.41) is 4.83. The monoisotopic (exact) mass is 319 g/mol. The van der Waals surface area contributed by atoms with Crippen LogP contribution in [-0.4, -0.2) is 23.4 Å². The Labute approximate surface area is 132 Å². The van der Waals surface area contributed by atoms with Crippen molar-refractivity contribution in [3.63, 3.8) is 0 Å². The van der Waals surface area contributed by atoms with E-state index in [0.29, 0.717) is 16.3 Å². The molecule has 1 aromatic heterocycles. The minimum Gasteiger partial charge on any atom is -0.483 e. The number of benzene rings is 1. The smallest absolute Gasteiger partial charge is 0.358 e. The summed E-state index contributed by atoms with van der Waals surface area (Å²) in [5.74, 6) is -0.0705. The molecular weight excluding hydrogens is 306 g/mol. The fraction of sp³-hybridized carbons (Fsp3) is 0.133. The second-order valence-electron chi connectivity index (χ2n) is 4.23. The molecule has 0 fully saturated rings. The molecule has 0 bridgehead atoms. The number of nitrogens with two attached hydrogens (primary N) is 1. The summed E-state index contributed by atoms with van der Waals surface area (Å²) in [7, 11) is 0. The third-order valence-corrected chi connectivity index (χ3v) is 2.94. The van der Waals surface area contributed by atoms with Crippen LogP contribution in [0.2, 0.25) is 5.02 Å². The molecule has 0 saturated carbocycles. The van der Waals surface area contributed by atoms with E-state index in [0.717, 1.165) is 5.39 Å². The van der Waals surface area contributed by atoms with Gasteiger partial charge in [0.25, 0.3) is 0 Å².